The molecule has 0 aliphatic carbocycles. The van der Waals surface area contributed by atoms with Crippen molar-refractivity contribution in [1.29, 1.82) is 0 Å². The van der Waals surface area contributed by atoms with E-state index in [2.05, 4.69) is 103 Å². The summed E-state index contributed by atoms with van der Waals surface area (Å²) in [5, 5.41) is 0. The lowest BCUT2D eigenvalue weighted by Crippen LogP contribution is -2.27. The van der Waals surface area contributed by atoms with E-state index in [-0.39, 0.29) is 0 Å². The molecule has 4 nitrogen and oxygen atoms in total. The molecule has 2 aromatic carbocycles. The number of aryl methyl sites for hydroxylation is 4. The van der Waals surface area contributed by atoms with Crippen molar-refractivity contribution in [1.82, 2.24) is 0 Å². The summed E-state index contributed by atoms with van der Waals surface area (Å²) >= 11 is 0. The molecule has 0 radical (unpaired) electrons. The maximum Gasteiger partial charge on any atom is 0.183 e. The summed E-state index contributed by atoms with van der Waals surface area (Å²) in [5.74, 6) is 0. The highest BCUT2D eigenvalue weighted by atomic mass is 28.4. The molecule has 6 heteroatoms. The lowest BCUT2D eigenvalue weighted by Gasteiger charge is -2.19. The Hall–Kier alpha value is -1.87. The second-order valence-corrected chi connectivity index (χ2v) is 20.9. The third-order valence-electron chi connectivity index (χ3n) is 5.76. The average molecular weight is 525 g/mol. The van der Waals surface area contributed by atoms with Crippen LogP contribution in [0.25, 0.3) is 0 Å². The number of hydrogen-bond acceptors (Lipinski definition) is 4. The largest absolute Gasteiger partial charge is 0.418 e. The molecule has 0 atom stereocenters. The standard InChI is InChI=1S/C30H48N2O2Si2/c1-23-15-17-25(3)29(21-23)31-27(13-11-19-33-35(5,6)7)28(14-12-20-34-36(8,9)10)32-30-22-24(2)16-18-26(30)4/h15-18,21-22H,11-14,19-20H2,1-10H3. The summed E-state index contributed by atoms with van der Waals surface area (Å²) in [6.07, 6.45) is 3.56. The minimum atomic E-state index is -1.55. The van der Waals surface area contributed by atoms with Gasteiger partial charge in [0.05, 0.1) is 22.8 Å². The maximum absolute atomic E-state index is 6.17. The van der Waals surface area contributed by atoms with E-state index in [1.807, 2.05) is 0 Å². The van der Waals surface area contributed by atoms with E-state index in [0.717, 1.165) is 61.7 Å². The first-order valence-corrected chi connectivity index (χ1v) is 20.1. The Morgan fingerprint density at radius 3 is 1.31 bits per heavy atom. The van der Waals surface area contributed by atoms with Gasteiger partial charge in [-0.3, -0.25) is 9.98 Å². The Morgan fingerprint density at radius 2 is 0.972 bits per heavy atom. The summed E-state index contributed by atoms with van der Waals surface area (Å²) in [6.45, 7) is 23.5. The molecular formula is C30H48N2O2Si2. The Kier molecular flexibility index (Phi) is 11.5. The minimum Gasteiger partial charge on any atom is -0.418 e. The van der Waals surface area contributed by atoms with Gasteiger partial charge in [0.1, 0.15) is 0 Å². The van der Waals surface area contributed by atoms with Crippen molar-refractivity contribution >= 4 is 39.4 Å². The topological polar surface area (TPSA) is 43.2 Å². The first-order valence-electron chi connectivity index (χ1n) is 13.3. The fourth-order valence-corrected chi connectivity index (χ4v) is 5.25. The van der Waals surface area contributed by atoms with Gasteiger partial charge in [-0.1, -0.05) is 24.3 Å². The molecule has 0 heterocycles. The summed E-state index contributed by atoms with van der Waals surface area (Å²) in [4.78, 5) is 10.5. The van der Waals surface area contributed by atoms with Gasteiger partial charge in [0, 0.05) is 13.2 Å². The van der Waals surface area contributed by atoms with Gasteiger partial charge in [0.2, 0.25) is 0 Å². The minimum absolute atomic E-state index is 0.761. The maximum atomic E-state index is 6.17. The molecule has 2 rings (SSSR count). The van der Waals surface area contributed by atoms with Crippen LogP contribution in [-0.4, -0.2) is 41.3 Å². The zero-order valence-electron chi connectivity index (χ0n) is 24.4. The molecule has 0 aromatic heterocycles. The van der Waals surface area contributed by atoms with Gasteiger partial charge in [-0.15, -0.1) is 0 Å². The second kappa shape index (κ2) is 13.6. The lowest BCUT2D eigenvalue weighted by molar-refractivity contribution is 0.306. The van der Waals surface area contributed by atoms with Crippen molar-refractivity contribution in [3.63, 3.8) is 0 Å². The molecule has 0 saturated carbocycles. The van der Waals surface area contributed by atoms with E-state index in [1.54, 1.807) is 0 Å². The van der Waals surface area contributed by atoms with Crippen molar-refractivity contribution in [2.75, 3.05) is 13.2 Å². The zero-order chi connectivity index (χ0) is 26.9. The van der Waals surface area contributed by atoms with E-state index in [4.69, 9.17) is 18.8 Å². The van der Waals surface area contributed by atoms with Gasteiger partial charge in [-0.25, -0.2) is 0 Å². The number of rotatable bonds is 13. The summed E-state index contributed by atoms with van der Waals surface area (Å²) in [7, 11) is -3.10. The molecule has 0 N–H and O–H groups in total. The van der Waals surface area contributed by atoms with Crippen molar-refractivity contribution in [3.05, 3.63) is 58.7 Å². The fraction of sp³-hybridized carbons (Fsp3) is 0.533. The smallest absolute Gasteiger partial charge is 0.183 e. The van der Waals surface area contributed by atoms with Crippen LogP contribution >= 0.6 is 0 Å². The Bertz CT molecular complexity index is 978. The van der Waals surface area contributed by atoms with Crippen LogP contribution in [0, 0.1) is 27.7 Å². The SMILES string of the molecule is Cc1ccc(C)c(N=C(CCCO[Si](C)(C)C)C(CCCO[Si](C)(C)C)=Nc2cc(C)ccc2C)c1. The highest BCUT2D eigenvalue weighted by Crippen LogP contribution is 2.25. The van der Waals surface area contributed by atoms with Gasteiger partial charge in [-0.2, -0.15) is 0 Å². The third-order valence-corrected chi connectivity index (χ3v) is 7.90. The van der Waals surface area contributed by atoms with Crippen LogP contribution in [0.4, 0.5) is 11.4 Å². The Morgan fingerprint density at radius 1 is 0.611 bits per heavy atom. The van der Waals surface area contributed by atoms with Crippen LogP contribution < -0.4 is 0 Å². The fourth-order valence-electron chi connectivity index (χ4n) is 3.74. The van der Waals surface area contributed by atoms with E-state index < -0.39 is 16.6 Å². The van der Waals surface area contributed by atoms with Gasteiger partial charge in [0.15, 0.2) is 16.6 Å². The summed E-state index contributed by atoms with van der Waals surface area (Å²) < 4.78 is 12.3. The van der Waals surface area contributed by atoms with Crippen molar-refractivity contribution < 1.29 is 8.85 Å². The van der Waals surface area contributed by atoms with Crippen LogP contribution in [-0.2, 0) is 8.85 Å². The van der Waals surface area contributed by atoms with Crippen LogP contribution in [0.3, 0.4) is 0 Å². The van der Waals surface area contributed by atoms with Crippen LogP contribution in [0.15, 0.2) is 46.4 Å². The highest BCUT2D eigenvalue weighted by molar-refractivity contribution is 6.70. The van der Waals surface area contributed by atoms with Crippen molar-refractivity contribution in [3.8, 4) is 0 Å². The van der Waals surface area contributed by atoms with E-state index in [0.29, 0.717) is 0 Å². The van der Waals surface area contributed by atoms with Gasteiger partial charge >= 0.3 is 0 Å². The second-order valence-electron chi connectivity index (χ2n) is 11.8. The van der Waals surface area contributed by atoms with Gasteiger partial charge in [-0.05, 0) is 127 Å². The molecule has 0 bridgehead atoms. The molecule has 0 spiro atoms. The lowest BCUT2D eigenvalue weighted by atomic mass is 10.0. The number of aliphatic imine (C=N–C) groups is 2. The Labute approximate surface area is 222 Å². The number of benzene rings is 2. The average Bonchev–Trinajstić information content (AvgIpc) is 2.76. The quantitative estimate of drug-likeness (QED) is 0.149. The van der Waals surface area contributed by atoms with Crippen LogP contribution in [0.2, 0.25) is 39.3 Å². The monoisotopic (exact) mass is 524 g/mol. The van der Waals surface area contributed by atoms with E-state index in [9.17, 15) is 0 Å². The highest BCUT2D eigenvalue weighted by Gasteiger charge is 2.17. The van der Waals surface area contributed by atoms with Gasteiger partial charge < -0.3 is 8.85 Å². The van der Waals surface area contributed by atoms with Crippen LogP contribution in [0.5, 0.6) is 0 Å². The van der Waals surface area contributed by atoms with Crippen molar-refractivity contribution in [2.24, 2.45) is 9.98 Å². The van der Waals surface area contributed by atoms with Crippen LogP contribution in [0.1, 0.15) is 47.9 Å². The van der Waals surface area contributed by atoms with Crippen molar-refractivity contribution in [2.45, 2.75) is 92.7 Å². The molecule has 0 aliphatic rings. The summed E-state index contributed by atoms with van der Waals surface area (Å²) in [5.41, 5.74) is 9.00. The normalized spacial score (nSPS) is 13.4. The molecule has 0 saturated heterocycles. The predicted molar refractivity (Wildman–Crippen MR) is 163 cm³/mol. The molecule has 2 aromatic rings. The Balaban J connectivity index is 2.46. The molecule has 36 heavy (non-hydrogen) atoms. The first kappa shape index (κ1) is 30.4. The summed E-state index contributed by atoms with van der Waals surface area (Å²) in [6, 6.07) is 13.0. The number of hydrogen-bond donors (Lipinski definition) is 0. The first-order chi connectivity index (χ1) is 16.7. The molecular weight excluding hydrogens is 477 g/mol. The molecule has 0 unspecified atom stereocenters. The molecule has 0 aliphatic heterocycles. The number of nitrogens with zero attached hydrogens (tertiary/aromatic N) is 2. The van der Waals surface area contributed by atoms with E-state index >= 15 is 0 Å². The van der Waals surface area contributed by atoms with E-state index in [1.165, 1.54) is 22.3 Å². The van der Waals surface area contributed by atoms with Gasteiger partial charge in [0.25, 0.3) is 0 Å². The third kappa shape index (κ3) is 11.5. The zero-order valence-corrected chi connectivity index (χ0v) is 26.4. The molecule has 198 valence electrons. The molecule has 0 amide bonds. The molecule has 0 fully saturated rings. The predicted octanol–water partition coefficient (Wildman–Crippen LogP) is 9.03.